The Bertz CT molecular complexity index is 556. The van der Waals surface area contributed by atoms with Crippen LogP contribution >= 0.6 is 0 Å². The third kappa shape index (κ3) is 2.75. The van der Waals surface area contributed by atoms with Crippen LogP contribution in [0, 0.1) is 6.92 Å². The van der Waals surface area contributed by atoms with Crippen LogP contribution in [0.25, 0.3) is 0 Å². The topological polar surface area (TPSA) is 55.8 Å². The molecular formula is C13H19NO4S. The van der Waals surface area contributed by atoms with E-state index in [-0.39, 0.29) is 0 Å². The van der Waals surface area contributed by atoms with Crippen LogP contribution in [0.5, 0.6) is 5.75 Å². The molecule has 0 N–H and O–H groups in total. The summed E-state index contributed by atoms with van der Waals surface area (Å²) in [7, 11) is -1.96. The van der Waals surface area contributed by atoms with Crippen LogP contribution in [0.3, 0.4) is 0 Å². The molecule has 0 aromatic heterocycles. The van der Waals surface area contributed by atoms with E-state index in [9.17, 15) is 8.42 Å². The van der Waals surface area contributed by atoms with Crippen LogP contribution in [0.1, 0.15) is 18.9 Å². The van der Waals surface area contributed by atoms with E-state index < -0.39 is 16.3 Å². The number of ether oxygens (including phenoxy) is 2. The Morgan fingerprint density at radius 2 is 2.16 bits per heavy atom. The zero-order valence-corrected chi connectivity index (χ0v) is 12.2. The lowest BCUT2D eigenvalue weighted by Gasteiger charge is -2.32. The Morgan fingerprint density at radius 3 is 2.74 bits per heavy atom. The maximum Gasteiger partial charge on any atom is 0.245 e. The Balaban J connectivity index is 2.38. The van der Waals surface area contributed by atoms with Gasteiger partial charge in [-0.3, -0.25) is 0 Å². The van der Waals surface area contributed by atoms with Gasteiger partial charge in [0.1, 0.15) is 12.0 Å². The van der Waals surface area contributed by atoms with Crippen molar-refractivity contribution in [2.75, 3.05) is 20.3 Å². The fourth-order valence-corrected chi connectivity index (χ4v) is 4.00. The van der Waals surface area contributed by atoms with Gasteiger partial charge < -0.3 is 9.47 Å². The minimum absolute atomic E-state index is 0.311. The second-order valence-corrected chi connectivity index (χ2v) is 6.43. The highest BCUT2D eigenvalue weighted by Gasteiger charge is 2.32. The van der Waals surface area contributed by atoms with Gasteiger partial charge >= 0.3 is 0 Å². The highest BCUT2D eigenvalue weighted by molar-refractivity contribution is 7.89. The lowest BCUT2D eigenvalue weighted by Crippen LogP contribution is -2.44. The highest BCUT2D eigenvalue weighted by Crippen LogP contribution is 2.26. The Morgan fingerprint density at radius 1 is 1.42 bits per heavy atom. The maximum atomic E-state index is 12.6. The van der Waals surface area contributed by atoms with Crippen LogP contribution in [0.2, 0.25) is 0 Å². The molecule has 1 aromatic rings. The van der Waals surface area contributed by atoms with Crippen molar-refractivity contribution < 1.29 is 17.9 Å². The number of sulfonamides is 1. The van der Waals surface area contributed by atoms with E-state index in [1.54, 1.807) is 39.2 Å². The second-order valence-electron chi connectivity index (χ2n) is 4.57. The summed E-state index contributed by atoms with van der Waals surface area (Å²) in [4.78, 5) is 0.311. The predicted molar refractivity (Wildman–Crippen MR) is 71.7 cm³/mol. The van der Waals surface area contributed by atoms with Crippen molar-refractivity contribution in [2.45, 2.75) is 31.4 Å². The molecule has 6 heteroatoms. The molecule has 1 heterocycles. The summed E-state index contributed by atoms with van der Waals surface area (Å²) < 4.78 is 37.2. The Kier molecular flexibility index (Phi) is 4.13. The summed E-state index contributed by atoms with van der Waals surface area (Å²) in [6.07, 6.45) is 0.305. The standard InChI is InChI=1S/C13H19NO4S/c1-10-9-12(17-3)5-6-13(10)19(15,16)14-7-4-8-18-11(14)2/h5-6,9,11H,4,7-8H2,1-3H3. The number of hydrogen-bond acceptors (Lipinski definition) is 4. The van der Waals surface area contributed by atoms with Crippen molar-refractivity contribution in [2.24, 2.45) is 0 Å². The Labute approximate surface area is 114 Å². The minimum Gasteiger partial charge on any atom is -0.497 e. The first-order valence-corrected chi connectivity index (χ1v) is 7.69. The van der Waals surface area contributed by atoms with Gasteiger partial charge in [0.15, 0.2) is 0 Å². The molecule has 2 rings (SSSR count). The molecule has 106 valence electrons. The van der Waals surface area contributed by atoms with E-state index >= 15 is 0 Å². The third-order valence-corrected chi connectivity index (χ3v) is 5.37. The third-order valence-electron chi connectivity index (χ3n) is 3.26. The summed E-state index contributed by atoms with van der Waals surface area (Å²) in [5.41, 5.74) is 0.678. The van der Waals surface area contributed by atoms with Gasteiger partial charge in [0.25, 0.3) is 0 Å². The van der Waals surface area contributed by atoms with E-state index in [4.69, 9.17) is 9.47 Å². The number of aryl methyl sites for hydroxylation is 1. The van der Waals surface area contributed by atoms with Gasteiger partial charge in [-0.2, -0.15) is 4.31 Å². The van der Waals surface area contributed by atoms with Crippen LogP contribution in [0.15, 0.2) is 23.1 Å². The zero-order chi connectivity index (χ0) is 14.0. The van der Waals surface area contributed by atoms with Crippen molar-refractivity contribution in [1.82, 2.24) is 4.31 Å². The molecule has 0 aliphatic carbocycles. The van der Waals surface area contributed by atoms with Crippen LogP contribution in [-0.4, -0.2) is 39.2 Å². The molecule has 1 saturated heterocycles. The fourth-order valence-electron chi connectivity index (χ4n) is 2.22. The van der Waals surface area contributed by atoms with Crippen molar-refractivity contribution in [3.63, 3.8) is 0 Å². The molecule has 0 spiro atoms. The van der Waals surface area contributed by atoms with E-state index in [0.717, 1.165) is 6.42 Å². The van der Waals surface area contributed by atoms with E-state index in [2.05, 4.69) is 0 Å². The van der Waals surface area contributed by atoms with Crippen molar-refractivity contribution in [3.8, 4) is 5.75 Å². The molecule has 0 saturated carbocycles. The molecule has 0 amide bonds. The molecule has 1 atom stereocenters. The average molecular weight is 285 g/mol. The number of nitrogens with zero attached hydrogens (tertiary/aromatic N) is 1. The molecule has 5 nitrogen and oxygen atoms in total. The summed E-state index contributed by atoms with van der Waals surface area (Å²) >= 11 is 0. The van der Waals surface area contributed by atoms with Gasteiger partial charge in [-0.25, -0.2) is 8.42 Å². The highest BCUT2D eigenvalue weighted by atomic mass is 32.2. The molecule has 1 fully saturated rings. The van der Waals surface area contributed by atoms with Crippen LogP contribution in [-0.2, 0) is 14.8 Å². The normalized spacial score (nSPS) is 21.3. The molecule has 1 aliphatic heterocycles. The smallest absolute Gasteiger partial charge is 0.245 e. The summed E-state index contributed by atoms with van der Waals surface area (Å²) in [5.74, 6) is 0.652. The monoisotopic (exact) mass is 285 g/mol. The SMILES string of the molecule is COc1ccc(S(=O)(=O)N2CCCOC2C)c(C)c1. The van der Waals surface area contributed by atoms with Crippen LogP contribution < -0.4 is 4.74 Å². The molecule has 19 heavy (non-hydrogen) atoms. The van der Waals surface area contributed by atoms with Crippen molar-refractivity contribution >= 4 is 10.0 Å². The first-order chi connectivity index (χ1) is 8.96. The van der Waals surface area contributed by atoms with Crippen molar-refractivity contribution in [3.05, 3.63) is 23.8 Å². The molecule has 0 radical (unpaired) electrons. The zero-order valence-electron chi connectivity index (χ0n) is 11.4. The maximum absolute atomic E-state index is 12.6. The first-order valence-electron chi connectivity index (χ1n) is 6.25. The van der Waals surface area contributed by atoms with Gasteiger partial charge in [0, 0.05) is 13.2 Å². The number of rotatable bonds is 3. The number of methoxy groups -OCH3 is 1. The summed E-state index contributed by atoms with van der Waals surface area (Å²) in [5, 5.41) is 0. The van der Waals surface area contributed by atoms with Gasteiger partial charge in [-0.05, 0) is 44.0 Å². The lowest BCUT2D eigenvalue weighted by molar-refractivity contribution is -0.0410. The number of benzene rings is 1. The second kappa shape index (κ2) is 5.48. The Hall–Kier alpha value is -1.11. The van der Waals surface area contributed by atoms with Gasteiger partial charge in [0.05, 0.1) is 12.0 Å². The lowest BCUT2D eigenvalue weighted by atomic mass is 10.2. The largest absolute Gasteiger partial charge is 0.497 e. The first kappa shape index (κ1) is 14.3. The molecule has 1 aromatic carbocycles. The predicted octanol–water partition coefficient (Wildman–Crippen LogP) is 1.76. The fraction of sp³-hybridized carbons (Fsp3) is 0.538. The molecular weight excluding hydrogens is 266 g/mol. The van der Waals surface area contributed by atoms with E-state index in [0.29, 0.717) is 29.4 Å². The number of hydrogen-bond donors (Lipinski definition) is 0. The minimum atomic E-state index is -3.51. The van der Waals surface area contributed by atoms with E-state index in [1.807, 2.05) is 0 Å². The molecule has 0 bridgehead atoms. The molecule has 1 unspecified atom stereocenters. The average Bonchev–Trinajstić information content (AvgIpc) is 2.38. The van der Waals surface area contributed by atoms with Gasteiger partial charge in [-0.15, -0.1) is 0 Å². The van der Waals surface area contributed by atoms with Gasteiger partial charge in [-0.1, -0.05) is 0 Å². The quantitative estimate of drug-likeness (QED) is 0.849. The van der Waals surface area contributed by atoms with Crippen LogP contribution in [0.4, 0.5) is 0 Å². The molecule has 1 aliphatic rings. The van der Waals surface area contributed by atoms with Crippen molar-refractivity contribution in [1.29, 1.82) is 0 Å². The summed E-state index contributed by atoms with van der Waals surface area (Å²) in [6.45, 7) is 4.63. The summed E-state index contributed by atoms with van der Waals surface area (Å²) in [6, 6.07) is 4.97. The van der Waals surface area contributed by atoms with E-state index in [1.165, 1.54) is 4.31 Å². The van der Waals surface area contributed by atoms with Gasteiger partial charge in [0.2, 0.25) is 10.0 Å².